The van der Waals surface area contributed by atoms with Crippen molar-refractivity contribution in [3.05, 3.63) is 46.0 Å². The first-order chi connectivity index (χ1) is 11.2. The second-order valence-electron chi connectivity index (χ2n) is 7.35. The van der Waals surface area contributed by atoms with Crippen molar-refractivity contribution in [1.29, 1.82) is 0 Å². The lowest BCUT2D eigenvalue weighted by Crippen LogP contribution is -2.41. The molecule has 4 nitrogen and oxygen atoms in total. The van der Waals surface area contributed by atoms with Crippen LogP contribution in [0.1, 0.15) is 43.4 Å². The summed E-state index contributed by atoms with van der Waals surface area (Å²) in [6.45, 7) is 5.13. The van der Waals surface area contributed by atoms with Crippen molar-refractivity contribution in [3.8, 4) is 0 Å². The summed E-state index contributed by atoms with van der Waals surface area (Å²) < 4.78 is 1.65. The van der Waals surface area contributed by atoms with Gasteiger partial charge in [-0.15, -0.1) is 0 Å². The van der Waals surface area contributed by atoms with E-state index in [1.54, 1.807) is 10.5 Å². The Morgan fingerprint density at radius 2 is 2.00 bits per heavy atom. The second kappa shape index (κ2) is 6.08. The normalized spacial score (nSPS) is 25.4. The molecule has 23 heavy (non-hydrogen) atoms. The zero-order valence-electron chi connectivity index (χ0n) is 13.9. The summed E-state index contributed by atoms with van der Waals surface area (Å²) in [4.78, 5) is 19.5. The standard InChI is InChI=1S/C19H25N3O/c1-14-6-7-18-20-17(10-19(23)22(18)11-14)13-21-9-8-15-4-2-3-5-16(15)12-21/h6-7,10-11,15-16H,2-5,8-9,12-13H2,1H3. The lowest BCUT2D eigenvalue weighted by molar-refractivity contribution is 0.0812. The highest BCUT2D eigenvalue weighted by molar-refractivity contribution is 5.39. The third-order valence-electron chi connectivity index (χ3n) is 5.62. The van der Waals surface area contributed by atoms with Crippen LogP contribution in [0, 0.1) is 18.8 Å². The maximum Gasteiger partial charge on any atom is 0.258 e. The predicted molar refractivity (Wildman–Crippen MR) is 91.5 cm³/mol. The molecule has 1 aliphatic heterocycles. The van der Waals surface area contributed by atoms with Crippen LogP contribution in [0.15, 0.2) is 29.2 Å². The van der Waals surface area contributed by atoms with Crippen molar-refractivity contribution in [2.45, 2.75) is 45.6 Å². The zero-order valence-corrected chi connectivity index (χ0v) is 13.9. The molecule has 2 fully saturated rings. The van der Waals surface area contributed by atoms with Crippen molar-refractivity contribution in [3.63, 3.8) is 0 Å². The van der Waals surface area contributed by atoms with Crippen LogP contribution in [0.4, 0.5) is 0 Å². The van der Waals surface area contributed by atoms with E-state index in [1.807, 2.05) is 25.3 Å². The average Bonchev–Trinajstić information content (AvgIpc) is 2.55. The number of likely N-dealkylation sites (tertiary alicyclic amines) is 1. The van der Waals surface area contributed by atoms with Crippen LogP contribution >= 0.6 is 0 Å². The van der Waals surface area contributed by atoms with E-state index in [4.69, 9.17) is 4.98 Å². The van der Waals surface area contributed by atoms with E-state index < -0.39 is 0 Å². The smallest absolute Gasteiger partial charge is 0.258 e. The van der Waals surface area contributed by atoms with Gasteiger partial charge in [-0.05, 0) is 49.8 Å². The van der Waals surface area contributed by atoms with Gasteiger partial charge in [-0.25, -0.2) is 4.98 Å². The number of hydrogen-bond donors (Lipinski definition) is 0. The molecule has 122 valence electrons. The lowest BCUT2D eigenvalue weighted by Gasteiger charge is -2.41. The summed E-state index contributed by atoms with van der Waals surface area (Å²) in [5, 5.41) is 0. The summed E-state index contributed by atoms with van der Waals surface area (Å²) in [7, 11) is 0. The van der Waals surface area contributed by atoms with Crippen LogP contribution in [0.2, 0.25) is 0 Å². The largest absolute Gasteiger partial charge is 0.297 e. The number of nitrogens with zero attached hydrogens (tertiary/aromatic N) is 3. The van der Waals surface area contributed by atoms with Crippen LogP contribution < -0.4 is 5.56 Å². The monoisotopic (exact) mass is 311 g/mol. The first kappa shape index (κ1) is 14.9. The number of aromatic nitrogens is 2. The van der Waals surface area contributed by atoms with E-state index in [9.17, 15) is 4.79 Å². The molecule has 0 amide bonds. The first-order valence-electron chi connectivity index (χ1n) is 8.90. The van der Waals surface area contributed by atoms with Gasteiger partial charge in [0.1, 0.15) is 5.65 Å². The van der Waals surface area contributed by atoms with Gasteiger partial charge in [0, 0.05) is 25.4 Å². The highest BCUT2D eigenvalue weighted by Gasteiger charge is 2.31. The van der Waals surface area contributed by atoms with E-state index in [0.29, 0.717) is 0 Å². The van der Waals surface area contributed by atoms with Gasteiger partial charge in [-0.2, -0.15) is 0 Å². The number of piperidine rings is 1. The molecule has 1 saturated heterocycles. The summed E-state index contributed by atoms with van der Waals surface area (Å²) in [5.74, 6) is 1.81. The van der Waals surface area contributed by atoms with Crippen LogP contribution in [-0.2, 0) is 6.54 Å². The molecule has 0 radical (unpaired) electrons. The van der Waals surface area contributed by atoms with Gasteiger partial charge >= 0.3 is 0 Å². The molecule has 4 rings (SSSR count). The molecule has 3 heterocycles. The number of fused-ring (bicyclic) bond motifs is 2. The molecule has 2 aliphatic rings. The first-order valence-corrected chi connectivity index (χ1v) is 8.90. The molecule has 2 aromatic rings. The lowest BCUT2D eigenvalue weighted by atomic mass is 9.75. The Kier molecular flexibility index (Phi) is 3.93. The van der Waals surface area contributed by atoms with Crippen LogP contribution in [-0.4, -0.2) is 27.4 Å². The highest BCUT2D eigenvalue weighted by Crippen LogP contribution is 2.36. The molecular formula is C19H25N3O. The van der Waals surface area contributed by atoms with Gasteiger partial charge in [0.15, 0.2) is 0 Å². The third-order valence-corrected chi connectivity index (χ3v) is 5.62. The summed E-state index contributed by atoms with van der Waals surface area (Å²) >= 11 is 0. The van der Waals surface area contributed by atoms with E-state index in [2.05, 4.69) is 4.90 Å². The number of hydrogen-bond acceptors (Lipinski definition) is 3. The molecule has 1 aliphatic carbocycles. The second-order valence-corrected chi connectivity index (χ2v) is 7.35. The minimum atomic E-state index is 0.0289. The fourth-order valence-corrected chi connectivity index (χ4v) is 4.39. The van der Waals surface area contributed by atoms with Gasteiger partial charge in [0.05, 0.1) is 5.69 Å². The molecule has 2 atom stereocenters. The Morgan fingerprint density at radius 3 is 2.87 bits per heavy atom. The SMILES string of the molecule is Cc1ccc2nc(CN3CCC4CCCCC4C3)cc(=O)n2c1. The Balaban J connectivity index is 1.53. The van der Waals surface area contributed by atoms with Crippen molar-refractivity contribution < 1.29 is 0 Å². The number of rotatable bonds is 2. The van der Waals surface area contributed by atoms with Crippen LogP contribution in [0.25, 0.3) is 5.65 Å². The fourth-order valence-electron chi connectivity index (χ4n) is 4.39. The molecule has 0 aromatic carbocycles. The molecule has 0 N–H and O–H groups in total. The highest BCUT2D eigenvalue weighted by atomic mass is 16.1. The maximum atomic E-state index is 12.3. The zero-order chi connectivity index (χ0) is 15.8. The van der Waals surface area contributed by atoms with E-state index in [1.165, 1.54) is 38.6 Å². The third kappa shape index (κ3) is 3.05. The predicted octanol–water partition coefficient (Wildman–Crippen LogP) is 3.02. The van der Waals surface area contributed by atoms with E-state index in [-0.39, 0.29) is 5.56 Å². The van der Waals surface area contributed by atoms with Crippen LogP contribution in [0.3, 0.4) is 0 Å². The summed E-state index contributed by atoms with van der Waals surface area (Å²) in [6.07, 6.45) is 8.80. The number of pyridine rings is 1. The Hall–Kier alpha value is -1.68. The fraction of sp³-hybridized carbons (Fsp3) is 0.579. The molecule has 4 heteroatoms. The topological polar surface area (TPSA) is 37.6 Å². The van der Waals surface area contributed by atoms with Crippen molar-refractivity contribution in [2.75, 3.05) is 13.1 Å². The van der Waals surface area contributed by atoms with E-state index >= 15 is 0 Å². The Bertz CT molecular complexity index is 767. The minimum absolute atomic E-state index is 0.0289. The van der Waals surface area contributed by atoms with Gasteiger partial charge in [0.2, 0.25) is 0 Å². The van der Waals surface area contributed by atoms with Gasteiger partial charge in [-0.1, -0.05) is 25.3 Å². The molecule has 1 saturated carbocycles. The maximum absolute atomic E-state index is 12.3. The van der Waals surface area contributed by atoms with Gasteiger partial charge in [-0.3, -0.25) is 14.1 Å². The van der Waals surface area contributed by atoms with Gasteiger partial charge in [0.25, 0.3) is 5.56 Å². The summed E-state index contributed by atoms with van der Waals surface area (Å²) in [5.41, 5.74) is 2.77. The van der Waals surface area contributed by atoms with Crippen molar-refractivity contribution in [1.82, 2.24) is 14.3 Å². The Morgan fingerprint density at radius 1 is 1.17 bits per heavy atom. The van der Waals surface area contributed by atoms with E-state index in [0.717, 1.165) is 41.8 Å². The number of aryl methyl sites for hydroxylation is 1. The van der Waals surface area contributed by atoms with Crippen molar-refractivity contribution >= 4 is 5.65 Å². The molecule has 0 spiro atoms. The molecule has 0 bridgehead atoms. The van der Waals surface area contributed by atoms with Gasteiger partial charge < -0.3 is 0 Å². The summed E-state index contributed by atoms with van der Waals surface area (Å²) in [6, 6.07) is 5.66. The quantitative estimate of drug-likeness (QED) is 0.855. The molecule has 2 aromatic heterocycles. The minimum Gasteiger partial charge on any atom is -0.297 e. The average molecular weight is 311 g/mol. The van der Waals surface area contributed by atoms with Crippen molar-refractivity contribution in [2.24, 2.45) is 11.8 Å². The Labute approximate surface area is 137 Å². The molecule has 2 unspecified atom stereocenters. The van der Waals surface area contributed by atoms with Crippen LogP contribution in [0.5, 0.6) is 0 Å². The molecular weight excluding hydrogens is 286 g/mol.